The molecule has 98 valence electrons. The van der Waals surface area contributed by atoms with Gasteiger partial charge in [-0.3, -0.25) is 0 Å². The molecule has 0 atom stereocenters. The summed E-state index contributed by atoms with van der Waals surface area (Å²) in [6.45, 7) is 2.57. The maximum absolute atomic E-state index is 11.0. The number of nitrogens with zero attached hydrogens (tertiary/aromatic N) is 2. The molecule has 3 heterocycles. The number of benzene rings is 1. The highest BCUT2D eigenvalue weighted by Crippen LogP contribution is 2.43. The fourth-order valence-electron chi connectivity index (χ4n) is 2.64. The minimum Gasteiger partial charge on any atom is -0.478 e. The van der Waals surface area contributed by atoms with Gasteiger partial charge in [-0.05, 0) is 24.6 Å². The first kappa shape index (κ1) is 11.2. The molecule has 0 saturated carbocycles. The predicted octanol–water partition coefficient (Wildman–Crippen LogP) is 1.97. The normalized spacial score (nSPS) is 20.3. The topological polar surface area (TPSA) is 62.7 Å². The van der Waals surface area contributed by atoms with Crippen molar-refractivity contribution in [3.8, 4) is 0 Å². The highest BCUT2D eigenvalue weighted by Gasteiger charge is 2.51. The van der Waals surface area contributed by atoms with Crippen LogP contribution in [0.3, 0.4) is 0 Å². The number of ether oxygens (including phenoxy) is 1. The second kappa shape index (κ2) is 3.68. The van der Waals surface area contributed by atoms with Crippen LogP contribution in [0, 0.1) is 0 Å². The zero-order valence-corrected chi connectivity index (χ0v) is 10.9. The molecule has 2 aliphatic rings. The highest BCUT2D eigenvalue weighted by molar-refractivity contribution is 7.22. The van der Waals surface area contributed by atoms with E-state index in [1.165, 1.54) is 0 Å². The zero-order valence-electron chi connectivity index (χ0n) is 10.1. The van der Waals surface area contributed by atoms with Crippen LogP contribution in [-0.4, -0.2) is 41.4 Å². The lowest BCUT2D eigenvalue weighted by Gasteiger charge is -2.57. The predicted molar refractivity (Wildman–Crippen MR) is 72.1 cm³/mol. The van der Waals surface area contributed by atoms with Gasteiger partial charge in [0.25, 0.3) is 0 Å². The third kappa shape index (κ3) is 1.50. The molecule has 1 spiro atoms. The molecule has 0 amide bonds. The van der Waals surface area contributed by atoms with E-state index >= 15 is 0 Å². The third-order valence-electron chi connectivity index (χ3n) is 3.97. The Morgan fingerprint density at radius 2 is 2.32 bits per heavy atom. The Labute approximate surface area is 113 Å². The Morgan fingerprint density at radius 1 is 1.47 bits per heavy atom. The first-order valence-corrected chi connectivity index (χ1v) is 6.99. The summed E-state index contributed by atoms with van der Waals surface area (Å²) in [5.74, 6) is -0.913. The molecule has 2 fully saturated rings. The van der Waals surface area contributed by atoms with Crippen LogP contribution in [-0.2, 0) is 4.74 Å². The standard InChI is InChI=1S/C13H12N2O3S/c16-11(17)8-1-2-10-9(5-8)14-12(19-10)15-4-3-13(15)6-18-7-13/h1-2,5H,3-4,6-7H2,(H,16,17). The molecule has 4 rings (SSSR count). The molecule has 0 aliphatic carbocycles. The number of carboxylic acid groups (broad SMARTS) is 1. The summed E-state index contributed by atoms with van der Waals surface area (Å²) in [6.07, 6.45) is 1.16. The van der Waals surface area contributed by atoms with E-state index < -0.39 is 5.97 Å². The lowest BCUT2D eigenvalue weighted by Crippen LogP contribution is -2.71. The Morgan fingerprint density at radius 3 is 2.89 bits per heavy atom. The molecule has 0 bridgehead atoms. The van der Waals surface area contributed by atoms with Gasteiger partial charge in [0.15, 0.2) is 5.13 Å². The van der Waals surface area contributed by atoms with Gasteiger partial charge in [-0.2, -0.15) is 0 Å². The van der Waals surface area contributed by atoms with Gasteiger partial charge in [0.1, 0.15) is 0 Å². The van der Waals surface area contributed by atoms with Crippen molar-refractivity contribution in [3.63, 3.8) is 0 Å². The quantitative estimate of drug-likeness (QED) is 0.908. The summed E-state index contributed by atoms with van der Waals surface area (Å²) in [6, 6.07) is 5.11. The average Bonchev–Trinajstić information content (AvgIpc) is 2.66. The lowest BCUT2D eigenvalue weighted by molar-refractivity contribution is -0.0847. The van der Waals surface area contributed by atoms with Crippen molar-refractivity contribution in [1.29, 1.82) is 0 Å². The van der Waals surface area contributed by atoms with E-state index in [1.807, 2.05) is 6.07 Å². The van der Waals surface area contributed by atoms with E-state index in [1.54, 1.807) is 23.5 Å². The van der Waals surface area contributed by atoms with Crippen molar-refractivity contribution in [2.45, 2.75) is 12.0 Å². The van der Waals surface area contributed by atoms with Gasteiger partial charge in [-0.15, -0.1) is 0 Å². The summed E-state index contributed by atoms with van der Waals surface area (Å²) in [5.41, 5.74) is 1.22. The fourth-order valence-corrected chi connectivity index (χ4v) is 3.72. The van der Waals surface area contributed by atoms with Gasteiger partial charge in [0, 0.05) is 6.54 Å². The number of rotatable bonds is 2. The molecule has 5 nitrogen and oxygen atoms in total. The number of anilines is 1. The van der Waals surface area contributed by atoms with Gasteiger partial charge in [-0.1, -0.05) is 11.3 Å². The summed E-state index contributed by atoms with van der Waals surface area (Å²) in [5, 5.41) is 9.98. The molecule has 1 aromatic heterocycles. The molecule has 0 unspecified atom stereocenters. The molecule has 2 aromatic rings. The summed E-state index contributed by atoms with van der Waals surface area (Å²) in [4.78, 5) is 17.8. The van der Waals surface area contributed by atoms with Crippen LogP contribution in [0.4, 0.5) is 5.13 Å². The summed E-state index contributed by atoms with van der Waals surface area (Å²) in [7, 11) is 0. The SMILES string of the molecule is O=C(O)c1ccc2sc(N3CCC34COC4)nc2c1. The van der Waals surface area contributed by atoms with Gasteiger partial charge in [0.05, 0.1) is 34.5 Å². The van der Waals surface area contributed by atoms with E-state index in [0.717, 1.165) is 41.5 Å². The monoisotopic (exact) mass is 276 g/mol. The number of fused-ring (bicyclic) bond motifs is 1. The lowest BCUT2D eigenvalue weighted by atomic mass is 9.83. The minimum absolute atomic E-state index is 0.170. The van der Waals surface area contributed by atoms with Crippen molar-refractivity contribution in [1.82, 2.24) is 4.98 Å². The molecular formula is C13H12N2O3S. The van der Waals surface area contributed by atoms with Crippen LogP contribution in [0.15, 0.2) is 18.2 Å². The van der Waals surface area contributed by atoms with Crippen molar-refractivity contribution in [2.75, 3.05) is 24.7 Å². The fraction of sp³-hybridized carbons (Fsp3) is 0.385. The zero-order chi connectivity index (χ0) is 13.0. The first-order valence-electron chi connectivity index (χ1n) is 6.17. The maximum atomic E-state index is 11.0. The Hall–Kier alpha value is -1.66. The van der Waals surface area contributed by atoms with Crippen molar-refractivity contribution < 1.29 is 14.6 Å². The van der Waals surface area contributed by atoms with Crippen LogP contribution >= 0.6 is 11.3 Å². The van der Waals surface area contributed by atoms with Crippen LogP contribution in [0.1, 0.15) is 16.8 Å². The molecule has 19 heavy (non-hydrogen) atoms. The molecule has 0 radical (unpaired) electrons. The largest absolute Gasteiger partial charge is 0.478 e. The Balaban J connectivity index is 1.74. The molecule has 1 N–H and O–H groups in total. The van der Waals surface area contributed by atoms with E-state index in [0.29, 0.717) is 0 Å². The minimum atomic E-state index is -0.913. The van der Waals surface area contributed by atoms with E-state index in [2.05, 4.69) is 9.88 Å². The van der Waals surface area contributed by atoms with E-state index in [4.69, 9.17) is 9.84 Å². The number of aromatic carboxylic acids is 1. The third-order valence-corrected chi connectivity index (χ3v) is 5.03. The number of carboxylic acids is 1. The smallest absolute Gasteiger partial charge is 0.335 e. The first-order chi connectivity index (χ1) is 9.18. The number of carbonyl (C=O) groups is 1. The second-order valence-corrected chi connectivity index (χ2v) is 6.11. The highest BCUT2D eigenvalue weighted by atomic mass is 32.1. The number of thiazole rings is 1. The van der Waals surface area contributed by atoms with Crippen LogP contribution in [0.5, 0.6) is 0 Å². The van der Waals surface area contributed by atoms with Crippen molar-refractivity contribution in [3.05, 3.63) is 23.8 Å². The van der Waals surface area contributed by atoms with Gasteiger partial charge in [-0.25, -0.2) is 9.78 Å². The van der Waals surface area contributed by atoms with Crippen LogP contribution in [0.25, 0.3) is 10.2 Å². The van der Waals surface area contributed by atoms with Gasteiger partial charge >= 0.3 is 5.97 Å². The number of hydrogen-bond donors (Lipinski definition) is 1. The number of hydrogen-bond acceptors (Lipinski definition) is 5. The summed E-state index contributed by atoms with van der Waals surface area (Å²) < 4.78 is 6.34. The molecular weight excluding hydrogens is 264 g/mol. The molecule has 1 aromatic carbocycles. The van der Waals surface area contributed by atoms with Crippen LogP contribution < -0.4 is 4.90 Å². The van der Waals surface area contributed by atoms with E-state index in [-0.39, 0.29) is 11.1 Å². The number of aromatic nitrogens is 1. The second-order valence-electron chi connectivity index (χ2n) is 5.10. The van der Waals surface area contributed by atoms with Crippen molar-refractivity contribution >= 4 is 32.7 Å². The van der Waals surface area contributed by atoms with Crippen LogP contribution in [0.2, 0.25) is 0 Å². The molecule has 2 aliphatic heterocycles. The Kier molecular flexibility index (Phi) is 2.17. The van der Waals surface area contributed by atoms with Gasteiger partial charge < -0.3 is 14.7 Å². The molecule has 6 heteroatoms. The summed E-state index contributed by atoms with van der Waals surface area (Å²) >= 11 is 1.62. The maximum Gasteiger partial charge on any atom is 0.335 e. The average molecular weight is 276 g/mol. The van der Waals surface area contributed by atoms with Gasteiger partial charge in [0.2, 0.25) is 0 Å². The molecule has 2 saturated heterocycles. The van der Waals surface area contributed by atoms with E-state index in [9.17, 15) is 4.79 Å². The Bertz CT molecular complexity index is 672. The van der Waals surface area contributed by atoms with Crippen molar-refractivity contribution in [2.24, 2.45) is 0 Å².